The maximum absolute atomic E-state index is 11.9. The van der Waals surface area contributed by atoms with Crippen LogP contribution >= 0.6 is 34.4 Å². The van der Waals surface area contributed by atoms with E-state index in [0.29, 0.717) is 10.9 Å². The molecule has 1 aromatic carbocycles. The van der Waals surface area contributed by atoms with Crippen molar-refractivity contribution in [2.45, 2.75) is 19.0 Å². The molecule has 2 rings (SSSR count). The fraction of sp³-hybridized carbons (Fsp3) is 0.231. The Hall–Kier alpha value is -1.42. The number of carbonyl (C=O) groups is 1. The quantitative estimate of drug-likeness (QED) is 0.589. The zero-order chi connectivity index (χ0) is 15.4. The van der Waals surface area contributed by atoms with Crippen LogP contribution < -0.4 is 10.9 Å². The van der Waals surface area contributed by atoms with Crippen LogP contribution in [0.2, 0.25) is 0 Å². The Bertz CT molecular complexity index is 732. The molecule has 0 aliphatic carbocycles. The van der Waals surface area contributed by atoms with Gasteiger partial charge in [-0.1, -0.05) is 11.8 Å². The molecule has 8 heteroatoms. The maximum Gasteiger partial charge on any atom is 0.273 e. The largest absolute Gasteiger partial charge is 0.325 e. The molecular formula is C13H13IN4O2S. The van der Waals surface area contributed by atoms with Crippen molar-refractivity contribution in [2.24, 2.45) is 0 Å². The number of nitrogens with zero attached hydrogens (tertiary/aromatic N) is 2. The summed E-state index contributed by atoms with van der Waals surface area (Å²) in [6, 6.07) is 5.79. The molecule has 110 valence electrons. The molecule has 0 spiro atoms. The highest BCUT2D eigenvalue weighted by Gasteiger charge is 2.08. The van der Waals surface area contributed by atoms with Gasteiger partial charge in [0.15, 0.2) is 5.16 Å². The first kappa shape index (κ1) is 16.0. The summed E-state index contributed by atoms with van der Waals surface area (Å²) in [4.78, 5) is 25.8. The molecule has 1 heterocycles. The number of carbonyl (C=O) groups excluding carboxylic acids is 1. The molecule has 1 aromatic heterocycles. The number of rotatable bonds is 4. The SMILES string of the molecule is Cc1cc(I)ccc1NC(=O)CSc1nnc(C)c(=O)[nH]1. The van der Waals surface area contributed by atoms with Gasteiger partial charge in [-0.05, 0) is 60.2 Å². The van der Waals surface area contributed by atoms with Crippen molar-refractivity contribution in [3.63, 3.8) is 0 Å². The van der Waals surface area contributed by atoms with Gasteiger partial charge in [0.2, 0.25) is 5.91 Å². The minimum absolute atomic E-state index is 0.152. The summed E-state index contributed by atoms with van der Waals surface area (Å²) in [7, 11) is 0. The van der Waals surface area contributed by atoms with E-state index in [-0.39, 0.29) is 17.2 Å². The predicted octanol–water partition coefficient (Wildman–Crippen LogP) is 2.12. The molecule has 1 amide bonds. The van der Waals surface area contributed by atoms with Crippen molar-refractivity contribution >= 4 is 45.9 Å². The molecule has 0 saturated heterocycles. The van der Waals surface area contributed by atoms with Gasteiger partial charge in [-0.2, -0.15) is 0 Å². The number of thioether (sulfide) groups is 1. The van der Waals surface area contributed by atoms with Gasteiger partial charge in [0.25, 0.3) is 5.56 Å². The Morgan fingerprint density at radius 1 is 1.38 bits per heavy atom. The molecule has 0 saturated carbocycles. The molecule has 2 N–H and O–H groups in total. The highest BCUT2D eigenvalue weighted by molar-refractivity contribution is 14.1. The highest BCUT2D eigenvalue weighted by Crippen LogP contribution is 2.18. The molecule has 0 aliphatic rings. The van der Waals surface area contributed by atoms with Crippen LogP contribution in [0.5, 0.6) is 0 Å². The van der Waals surface area contributed by atoms with Gasteiger partial charge >= 0.3 is 0 Å². The normalized spacial score (nSPS) is 10.4. The van der Waals surface area contributed by atoms with E-state index in [9.17, 15) is 9.59 Å². The fourth-order valence-corrected chi connectivity index (χ4v) is 2.78. The highest BCUT2D eigenvalue weighted by atomic mass is 127. The molecule has 0 radical (unpaired) electrons. The number of amides is 1. The van der Waals surface area contributed by atoms with E-state index in [4.69, 9.17) is 0 Å². The first-order chi connectivity index (χ1) is 9.95. The third-order valence-corrected chi connectivity index (χ3v) is 4.18. The number of halogens is 1. The molecule has 0 aliphatic heterocycles. The second-order valence-corrected chi connectivity index (χ2v) is 6.55. The third-order valence-electron chi connectivity index (χ3n) is 2.64. The van der Waals surface area contributed by atoms with Crippen LogP contribution in [-0.4, -0.2) is 26.8 Å². The summed E-state index contributed by atoms with van der Waals surface area (Å²) in [6.45, 7) is 3.51. The van der Waals surface area contributed by atoms with Gasteiger partial charge in [0, 0.05) is 9.26 Å². The zero-order valence-corrected chi connectivity index (χ0v) is 14.4. The molecular weight excluding hydrogens is 403 g/mol. The lowest BCUT2D eigenvalue weighted by Gasteiger charge is -2.08. The Morgan fingerprint density at radius 2 is 2.14 bits per heavy atom. The molecule has 0 unspecified atom stereocenters. The Morgan fingerprint density at radius 3 is 2.81 bits per heavy atom. The maximum atomic E-state index is 11.9. The van der Waals surface area contributed by atoms with Crippen molar-refractivity contribution in [1.29, 1.82) is 0 Å². The summed E-state index contributed by atoms with van der Waals surface area (Å²) in [5, 5.41) is 10.7. The van der Waals surface area contributed by atoms with E-state index < -0.39 is 0 Å². The minimum Gasteiger partial charge on any atom is -0.325 e. The average molecular weight is 416 g/mol. The topological polar surface area (TPSA) is 87.7 Å². The number of hydrogen-bond donors (Lipinski definition) is 2. The van der Waals surface area contributed by atoms with Gasteiger partial charge in [0.1, 0.15) is 5.69 Å². The van der Waals surface area contributed by atoms with Crippen molar-refractivity contribution < 1.29 is 4.79 Å². The number of H-pyrrole nitrogens is 1. The van der Waals surface area contributed by atoms with E-state index in [2.05, 4.69) is 43.1 Å². The number of aromatic amines is 1. The van der Waals surface area contributed by atoms with Crippen LogP contribution in [0.1, 0.15) is 11.3 Å². The lowest BCUT2D eigenvalue weighted by Crippen LogP contribution is -2.17. The molecule has 0 bridgehead atoms. The van der Waals surface area contributed by atoms with E-state index in [1.165, 1.54) is 0 Å². The summed E-state index contributed by atoms with van der Waals surface area (Å²) in [6.07, 6.45) is 0. The Balaban J connectivity index is 1.95. The predicted molar refractivity (Wildman–Crippen MR) is 90.6 cm³/mol. The number of benzene rings is 1. The summed E-state index contributed by atoms with van der Waals surface area (Å²) in [5.41, 5.74) is 1.80. The van der Waals surface area contributed by atoms with Crippen LogP contribution in [-0.2, 0) is 4.79 Å². The second-order valence-electron chi connectivity index (χ2n) is 4.34. The van der Waals surface area contributed by atoms with E-state index in [1.54, 1.807) is 6.92 Å². The van der Waals surface area contributed by atoms with Crippen molar-refractivity contribution in [2.75, 3.05) is 11.1 Å². The van der Waals surface area contributed by atoms with Gasteiger partial charge in [-0.3, -0.25) is 14.6 Å². The van der Waals surface area contributed by atoms with Crippen LogP contribution in [0.15, 0.2) is 28.2 Å². The third kappa shape index (κ3) is 4.53. The van der Waals surface area contributed by atoms with Gasteiger partial charge in [-0.15, -0.1) is 10.2 Å². The van der Waals surface area contributed by atoms with Crippen molar-refractivity contribution in [3.05, 3.63) is 43.4 Å². The smallest absolute Gasteiger partial charge is 0.273 e. The lowest BCUT2D eigenvalue weighted by atomic mass is 10.2. The number of aryl methyl sites for hydroxylation is 2. The number of nitrogens with one attached hydrogen (secondary N) is 2. The van der Waals surface area contributed by atoms with E-state index in [1.807, 2.05) is 25.1 Å². The second kappa shape index (κ2) is 7.03. The summed E-state index contributed by atoms with van der Waals surface area (Å²) >= 11 is 3.36. The fourth-order valence-electron chi connectivity index (χ4n) is 1.53. The van der Waals surface area contributed by atoms with E-state index in [0.717, 1.165) is 26.6 Å². The van der Waals surface area contributed by atoms with Gasteiger partial charge in [0.05, 0.1) is 5.75 Å². The first-order valence-electron chi connectivity index (χ1n) is 6.08. The molecule has 2 aromatic rings. The Labute approximate surface area is 139 Å². The zero-order valence-electron chi connectivity index (χ0n) is 11.4. The molecule has 0 atom stereocenters. The molecule has 21 heavy (non-hydrogen) atoms. The van der Waals surface area contributed by atoms with Crippen molar-refractivity contribution in [3.8, 4) is 0 Å². The van der Waals surface area contributed by atoms with E-state index >= 15 is 0 Å². The van der Waals surface area contributed by atoms with Gasteiger partial charge < -0.3 is 5.32 Å². The molecule has 6 nitrogen and oxygen atoms in total. The van der Waals surface area contributed by atoms with Crippen LogP contribution in [0, 0.1) is 17.4 Å². The molecule has 0 fully saturated rings. The Kier molecular flexibility index (Phi) is 5.34. The number of aromatic nitrogens is 3. The first-order valence-corrected chi connectivity index (χ1v) is 8.14. The van der Waals surface area contributed by atoms with Crippen molar-refractivity contribution in [1.82, 2.24) is 15.2 Å². The lowest BCUT2D eigenvalue weighted by molar-refractivity contribution is -0.113. The van der Waals surface area contributed by atoms with Crippen LogP contribution in [0.3, 0.4) is 0 Å². The standard InChI is InChI=1S/C13H13IN4O2S/c1-7-5-9(14)3-4-10(7)15-11(19)6-21-13-16-12(20)8(2)17-18-13/h3-5H,6H2,1-2H3,(H,15,19)(H,16,18,20). The van der Waals surface area contributed by atoms with Crippen LogP contribution in [0.4, 0.5) is 5.69 Å². The minimum atomic E-state index is -0.290. The summed E-state index contributed by atoms with van der Waals surface area (Å²) < 4.78 is 1.12. The van der Waals surface area contributed by atoms with Gasteiger partial charge in [-0.25, -0.2) is 0 Å². The average Bonchev–Trinajstić information content (AvgIpc) is 2.43. The number of hydrogen-bond acceptors (Lipinski definition) is 5. The monoisotopic (exact) mass is 416 g/mol. The number of anilines is 1. The summed E-state index contributed by atoms with van der Waals surface area (Å²) in [5.74, 6) is -0.00780. The van der Waals surface area contributed by atoms with Crippen LogP contribution in [0.25, 0.3) is 0 Å².